The Morgan fingerprint density at radius 1 is 1.13 bits per heavy atom. The van der Waals surface area contributed by atoms with E-state index in [0.29, 0.717) is 22.3 Å². The zero-order valence-electron chi connectivity index (χ0n) is 12.4. The van der Waals surface area contributed by atoms with Crippen LogP contribution in [-0.4, -0.2) is 24.2 Å². The summed E-state index contributed by atoms with van der Waals surface area (Å²) < 4.78 is 5.08. The molecule has 0 amide bonds. The summed E-state index contributed by atoms with van der Waals surface area (Å²) >= 11 is 12.0. The maximum absolute atomic E-state index is 10.4. The minimum atomic E-state index is -0.989. The van der Waals surface area contributed by atoms with Gasteiger partial charge in [0.1, 0.15) is 5.75 Å². The monoisotopic (exact) mass is 353 g/mol. The Hall–Kier alpha value is -1.75. The molecule has 122 valence electrons. The molecule has 0 aliphatic heterocycles. The van der Waals surface area contributed by atoms with Gasteiger partial charge in [0.15, 0.2) is 6.61 Å². The fourth-order valence-corrected chi connectivity index (χ4v) is 2.53. The Morgan fingerprint density at radius 2 is 1.87 bits per heavy atom. The molecular weight excluding hydrogens is 337 g/mol. The molecule has 23 heavy (non-hydrogen) atoms. The molecule has 0 radical (unpaired) electrons. The van der Waals surface area contributed by atoms with Crippen molar-refractivity contribution in [3.05, 3.63) is 63.6 Å². The van der Waals surface area contributed by atoms with Crippen molar-refractivity contribution in [3.8, 4) is 5.75 Å². The van der Waals surface area contributed by atoms with E-state index in [1.807, 2.05) is 24.3 Å². The topological polar surface area (TPSA) is 58.6 Å². The van der Waals surface area contributed by atoms with Gasteiger partial charge in [0, 0.05) is 16.6 Å². The molecule has 0 aliphatic rings. The van der Waals surface area contributed by atoms with Gasteiger partial charge in [-0.3, -0.25) is 0 Å². The molecule has 0 aromatic heterocycles. The Bertz CT molecular complexity index is 659. The third-order valence-corrected chi connectivity index (χ3v) is 3.79. The van der Waals surface area contributed by atoms with Crippen molar-refractivity contribution >= 4 is 29.2 Å². The van der Waals surface area contributed by atoms with Crippen LogP contribution >= 0.6 is 23.2 Å². The highest BCUT2D eigenvalue weighted by molar-refractivity contribution is 6.35. The van der Waals surface area contributed by atoms with E-state index in [0.717, 1.165) is 24.1 Å². The number of carboxylic acid groups (broad SMARTS) is 1. The summed E-state index contributed by atoms with van der Waals surface area (Å²) in [6.07, 6.45) is 0.815. The molecule has 0 saturated carbocycles. The highest BCUT2D eigenvalue weighted by Gasteiger charge is 2.02. The average Bonchev–Trinajstić information content (AvgIpc) is 2.52. The predicted octanol–water partition coefficient (Wildman–Crippen LogP) is 3.79. The van der Waals surface area contributed by atoms with Crippen LogP contribution < -0.4 is 10.1 Å². The van der Waals surface area contributed by atoms with E-state index in [2.05, 4.69) is 5.32 Å². The number of benzene rings is 2. The molecule has 0 saturated heterocycles. The summed E-state index contributed by atoms with van der Waals surface area (Å²) in [6.45, 7) is 1.17. The third-order valence-electron chi connectivity index (χ3n) is 3.20. The fraction of sp³-hybridized carbons (Fsp3) is 0.235. The number of carboxylic acids is 1. The van der Waals surface area contributed by atoms with Crippen LogP contribution in [0.5, 0.6) is 5.75 Å². The minimum absolute atomic E-state index is 0.334. The summed E-state index contributed by atoms with van der Waals surface area (Å²) in [4.78, 5) is 10.4. The van der Waals surface area contributed by atoms with E-state index >= 15 is 0 Å². The molecular formula is C17H17Cl2NO3. The van der Waals surface area contributed by atoms with Crippen molar-refractivity contribution in [1.29, 1.82) is 0 Å². The van der Waals surface area contributed by atoms with Gasteiger partial charge < -0.3 is 15.2 Å². The molecule has 2 rings (SSSR count). The molecule has 0 aliphatic carbocycles. The Kier molecular flexibility index (Phi) is 6.71. The Morgan fingerprint density at radius 3 is 2.52 bits per heavy atom. The van der Waals surface area contributed by atoms with E-state index in [9.17, 15) is 4.79 Å². The van der Waals surface area contributed by atoms with Gasteiger partial charge in [-0.15, -0.1) is 0 Å². The maximum atomic E-state index is 10.4. The largest absolute Gasteiger partial charge is 0.482 e. The summed E-state index contributed by atoms with van der Waals surface area (Å²) in [5.74, 6) is -0.444. The van der Waals surface area contributed by atoms with Crippen molar-refractivity contribution in [3.63, 3.8) is 0 Å². The van der Waals surface area contributed by atoms with Crippen LogP contribution in [0.15, 0.2) is 42.5 Å². The van der Waals surface area contributed by atoms with Crippen LogP contribution in [0.4, 0.5) is 0 Å². The second-order valence-electron chi connectivity index (χ2n) is 4.99. The second-order valence-corrected chi connectivity index (χ2v) is 5.83. The lowest BCUT2D eigenvalue weighted by Crippen LogP contribution is -2.16. The maximum Gasteiger partial charge on any atom is 0.341 e. The molecule has 2 N–H and O–H groups in total. The average molecular weight is 354 g/mol. The number of nitrogens with one attached hydrogen (secondary N) is 1. The van der Waals surface area contributed by atoms with Crippen LogP contribution in [0.3, 0.4) is 0 Å². The van der Waals surface area contributed by atoms with E-state index < -0.39 is 5.97 Å². The number of ether oxygens (including phenoxy) is 1. The van der Waals surface area contributed by atoms with Crippen molar-refractivity contribution < 1.29 is 14.6 Å². The lowest BCUT2D eigenvalue weighted by Gasteiger charge is -2.08. The Labute approximate surface area is 145 Å². The van der Waals surface area contributed by atoms with Gasteiger partial charge in [-0.25, -0.2) is 4.79 Å². The normalized spacial score (nSPS) is 10.5. The van der Waals surface area contributed by atoms with Crippen molar-refractivity contribution in [2.75, 3.05) is 13.2 Å². The van der Waals surface area contributed by atoms with Gasteiger partial charge >= 0.3 is 5.97 Å². The van der Waals surface area contributed by atoms with Gasteiger partial charge in [-0.1, -0.05) is 41.4 Å². The number of aliphatic carboxylic acids is 1. The zero-order valence-corrected chi connectivity index (χ0v) is 13.9. The van der Waals surface area contributed by atoms with Gasteiger partial charge in [0.25, 0.3) is 0 Å². The molecule has 0 atom stereocenters. The Balaban J connectivity index is 1.74. The number of hydrogen-bond acceptors (Lipinski definition) is 3. The van der Waals surface area contributed by atoms with Crippen LogP contribution in [0.2, 0.25) is 10.0 Å². The minimum Gasteiger partial charge on any atom is -0.482 e. The van der Waals surface area contributed by atoms with Gasteiger partial charge in [-0.2, -0.15) is 0 Å². The molecule has 0 spiro atoms. The van der Waals surface area contributed by atoms with Gasteiger partial charge in [0.2, 0.25) is 0 Å². The molecule has 0 heterocycles. The molecule has 2 aromatic carbocycles. The lowest BCUT2D eigenvalue weighted by molar-refractivity contribution is -0.139. The van der Waals surface area contributed by atoms with Crippen molar-refractivity contribution in [2.24, 2.45) is 0 Å². The molecule has 6 heteroatoms. The zero-order chi connectivity index (χ0) is 16.7. The number of rotatable bonds is 8. The second kappa shape index (κ2) is 8.77. The van der Waals surface area contributed by atoms with Crippen LogP contribution in [0, 0.1) is 0 Å². The molecule has 0 unspecified atom stereocenters. The SMILES string of the molecule is O=C(O)COc1ccc(CNCCc2ccc(Cl)cc2Cl)cc1. The van der Waals surface area contributed by atoms with E-state index in [1.165, 1.54) is 0 Å². The fourth-order valence-electron chi connectivity index (χ4n) is 2.03. The standard InChI is InChI=1S/C17H17Cl2NO3/c18-14-4-3-13(16(19)9-14)7-8-20-10-12-1-5-15(6-2-12)23-11-17(21)22/h1-6,9,20H,7-8,10-11H2,(H,21,22). The third kappa shape index (κ3) is 6.10. The van der Waals surface area contributed by atoms with Gasteiger partial charge in [-0.05, 0) is 48.4 Å². The summed E-state index contributed by atoms with van der Waals surface area (Å²) in [7, 11) is 0. The summed E-state index contributed by atoms with van der Waals surface area (Å²) in [6, 6.07) is 12.8. The highest BCUT2D eigenvalue weighted by Crippen LogP contribution is 2.21. The molecule has 0 bridgehead atoms. The number of carbonyl (C=O) groups is 1. The van der Waals surface area contributed by atoms with Crippen molar-refractivity contribution in [1.82, 2.24) is 5.32 Å². The van der Waals surface area contributed by atoms with E-state index in [-0.39, 0.29) is 6.61 Å². The van der Waals surface area contributed by atoms with E-state index in [1.54, 1.807) is 18.2 Å². The van der Waals surface area contributed by atoms with Gasteiger partial charge in [0.05, 0.1) is 0 Å². The first-order chi connectivity index (χ1) is 11.0. The van der Waals surface area contributed by atoms with Crippen LogP contribution in [0.25, 0.3) is 0 Å². The first kappa shape index (κ1) is 17.6. The summed E-state index contributed by atoms with van der Waals surface area (Å²) in [5, 5.41) is 13.2. The lowest BCUT2D eigenvalue weighted by atomic mass is 10.1. The first-order valence-corrected chi connectivity index (χ1v) is 7.88. The van der Waals surface area contributed by atoms with Crippen LogP contribution in [0.1, 0.15) is 11.1 Å². The summed E-state index contributed by atoms with van der Waals surface area (Å²) in [5.41, 5.74) is 2.15. The van der Waals surface area contributed by atoms with Crippen molar-refractivity contribution in [2.45, 2.75) is 13.0 Å². The van der Waals surface area contributed by atoms with E-state index in [4.69, 9.17) is 33.0 Å². The highest BCUT2D eigenvalue weighted by atomic mass is 35.5. The van der Waals surface area contributed by atoms with Crippen LogP contribution in [-0.2, 0) is 17.8 Å². The molecule has 0 fully saturated rings. The predicted molar refractivity (Wildman–Crippen MR) is 91.4 cm³/mol. The number of hydrogen-bond donors (Lipinski definition) is 2. The molecule has 4 nitrogen and oxygen atoms in total. The molecule has 2 aromatic rings. The number of halogens is 2. The first-order valence-electron chi connectivity index (χ1n) is 7.13. The quantitative estimate of drug-likeness (QED) is 0.708. The smallest absolute Gasteiger partial charge is 0.341 e.